The minimum Gasteiger partial charge on any atom is -0.379 e. The fourth-order valence-corrected chi connectivity index (χ4v) is 8.69. The highest BCUT2D eigenvalue weighted by Gasteiger charge is 2.56. The maximum atomic E-state index is 9.75. The lowest BCUT2D eigenvalue weighted by atomic mass is 9.95. The first-order valence-corrected chi connectivity index (χ1v) is 28.6. The molecule has 418 valence electrons. The molecule has 3 aliphatic heterocycles. The van der Waals surface area contributed by atoms with Crippen LogP contribution in [-0.2, 0) is 66.3 Å². The van der Waals surface area contributed by atoms with E-state index < -0.39 is 85.8 Å². The van der Waals surface area contributed by atoms with E-state index in [-0.39, 0.29) is 19.8 Å². The van der Waals surface area contributed by atoms with Crippen molar-refractivity contribution >= 4 is 0 Å². The van der Waals surface area contributed by atoms with Crippen molar-refractivity contribution in [1.29, 1.82) is 0 Å². The van der Waals surface area contributed by atoms with Gasteiger partial charge in [-0.2, -0.15) is 0 Å². The molecule has 0 N–H and O–H groups in total. The Balaban J connectivity index is 2.23. The van der Waals surface area contributed by atoms with Crippen LogP contribution in [-0.4, -0.2) is 172 Å². The van der Waals surface area contributed by atoms with Gasteiger partial charge in [-0.3, -0.25) is 0 Å². The molecule has 17 nitrogen and oxygen atoms in total. The van der Waals surface area contributed by atoms with Crippen LogP contribution in [0, 0.1) is 0 Å². The van der Waals surface area contributed by atoms with Gasteiger partial charge in [-0.1, -0.05) is 125 Å². The number of azide groups is 1. The van der Waals surface area contributed by atoms with E-state index in [4.69, 9.17) is 66.3 Å². The van der Waals surface area contributed by atoms with Gasteiger partial charge in [0.2, 0.25) is 0 Å². The third kappa shape index (κ3) is 23.3. The van der Waals surface area contributed by atoms with Crippen molar-refractivity contribution in [2.24, 2.45) is 5.11 Å². The summed E-state index contributed by atoms with van der Waals surface area (Å²) in [5.74, 6) is 0. The van der Waals surface area contributed by atoms with Gasteiger partial charge in [-0.05, 0) is 63.3 Å². The highest BCUT2D eigenvalue weighted by molar-refractivity contribution is 5.00. The fraction of sp³-hybridized carbons (Fsp3) is 1.00. The van der Waals surface area contributed by atoms with Gasteiger partial charge in [0, 0.05) is 64.4 Å². The molecule has 0 spiro atoms. The molecule has 0 saturated carbocycles. The second kappa shape index (κ2) is 41.0. The Morgan fingerprint density at radius 3 is 1.08 bits per heavy atom. The highest BCUT2D eigenvalue weighted by atomic mass is 16.8. The van der Waals surface area contributed by atoms with Gasteiger partial charge in [-0.15, -0.1) is 0 Å². The number of hydrogen-bond acceptors (Lipinski definition) is 15. The molecule has 71 heavy (non-hydrogen) atoms. The van der Waals surface area contributed by atoms with Crippen LogP contribution < -0.4 is 0 Å². The molecule has 0 radical (unpaired) electrons. The van der Waals surface area contributed by atoms with Gasteiger partial charge in [-0.25, -0.2) is 0 Å². The summed E-state index contributed by atoms with van der Waals surface area (Å²) in [6, 6.07) is -0.646. The minimum atomic E-state index is -1.00. The van der Waals surface area contributed by atoms with Gasteiger partial charge in [0.25, 0.3) is 0 Å². The van der Waals surface area contributed by atoms with Crippen LogP contribution in [0.5, 0.6) is 0 Å². The molecule has 0 bridgehead atoms. The van der Waals surface area contributed by atoms with Crippen molar-refractivity contribution in [3.63, 3.8) is 0 Å². The molecule has 0 amide bonds. The predicted molar refractivity (Wildman–Crippen MR) is 275 cm³/mol. The average Bonchev–Trinajstić information content (AvgIpc) is 3.37. The van der Waals surface area contributed by atoms with Crippen molar-refractivity contribution in [1.82, 2.24) is 0 Å². The summed E-state index contributed by atoms with van der Waals surface area (Å²) in [6.45, 7) is 24.8. The second-order valence-corrected chi connectivity index (χ2v) is 19.4. The molecule has 3 rings (SSSR count). The molecule has 14 atom stereocenters. The smallest absolute Gasteiger partial charge is 0.187 e. The summed E-state index contributed by atoms with van der Waals surface area (Å²) >= 11 is 0. The number of hydrogen-bond donors (Lipinski definition) is 0. The maximum absolute atomic E-state index is 9.75. The van der Waals surface area contributed by atoms with Crippen molar-refractivity contribution in [3.05, 3.63) is 10.4 Å². The molecule has 3 aliphatic rings. The van der Waals surface area contributed by atoms with Gasteiger partial charge in [0.15, 0.2) is 12.6 Å². The molecule has 0 aromatic rings. The Morgan fingerprint density at radius 2 is 0.690 bits per heavy atom. The van der Waals surface area contributed by atoms with E-state index in [1.165, 1.54) is 0 Å². The summed E-state index contributed by atoms with van der Waals surface area (Å²) in [6.07, 6.45) is 7.43. The molecular formula is C54H103N3O14. The number of rotatable bonds is 44. The van der Waals surface area contributed by atoms with Crippen LogP contribution >= 0.6 is 0 Å². The Bertz CT molecular complexity index is 1310. The predicted octanol–water partition coefficient (Wildman–Crippen LogP) is 10.8. The zero-order valence-corrected chi connectivity index (χ0v) is 46.1. The Hall–Kier alpha value is -1.25. The maximum Gasteiger partial charge on any atom is 0.187 e. The van der Waals surface area contributed by atoms with E-state index in [0.717, 1.165) is 116 Å². The summed E-state index contributed by atoms with van der Waals surface area (Å²) in [5.41, 5.74) is 9.75. The van der Waals surface area contributed by atoms with Crippen molar-refractivity contribution in [2.75, 3.05) is 85.9 Å². The van der Waals surface area contributed by atoms with E-state index in [2.05, 4.69) is 72.3 Å². The van der Waals surface area contributed by atoms with Crippen molar-refractivity contribution in [2.45, 2.75) is 264 Å². The molecule has 17 heteroatoms. The van der Waals surface area contributed by atoms with Gasteiger partial charge < -0.3 is 66.3 Å². The lowest BCUT2D eigenvalue weighted by Gasteiger charge is -2.51. The monoisotopic (exact) mass is 1020 g/mol. The van der Waals surface area contributed by atoms with Gasteiger partial charge in [0.05, 0.1) is 38.6 Å². The van der Waals surface area contributed by atoms with Crippen LogP contribution in [0.1, 0.15) is 178 Å². The largest absolute Gasteiger partial charge is 0.379 e. The van der Waals surface area contributed by atoms with Gasteiger partial charge in [0.1, 0.15) is 61.0 Å². The summed E-state index contributed by atoms with van der Waals surface area (Å²) in [4.78, 5) is 3.21. The molecular weight excluding hydrogens is 915 g/mol. The van der Waals surface area contributed by atoms with Crippen molar-refractivity contribution in [3.8, 4) is 0 Å². The fourth-order valence-electron chi connectivity index (χ4n) is 8.69. The van der Waals surface area contributed by atoms with E-state index >= 15 is 0 Å². The first kappa shape index (κ1) is 64.0. The molecule has 0 aromatic heterocycles. The van der Waals surface area contributed by atoms with Crippen molar-refractivity contribution < 1.29 is 66.3 Å². The molecule has 0 aliphatic carbocycles. The van der Waals surface area contributed by atoms with Crippen LogP contribution in [0.2, 0.25) is 0 Å². The van der Waals surface area contributed by atoms with E-state index in [1.54, 1.807) is 0 Å². The van der Waals surface area contributed by atoms with E-state index in [0.29, 0.717) is 66.1 Å². The third-order valence-electron chi connectivity index (χ3n) is 13.1. The first-order chi connectivity index (χ1) is 34.9. The summed E-state index contributed by atoms with van der Waals surface area (Å²) in [5, 5.41) is 4.17. The van der Waals surface area contributed by atoms with E-state index in [1.807, 2.05) is 0 Å². The average molecular weight is 1020 g/mol. The summed E-state index contributed by atoms with van der Waals surface area (Å²) < 4.78 is 95.4. The minimum absolute atomic E-state index is 0.165. The lowest BCUT2D eigenvalue weighted by Crippen LogP contribution is -2.67. The molecule has 3 heterocycles. The standard InChI is InChI=1S/C54H103N3O14/c1-10-19-28-58-38-42-47(45(61-31-22-13-4)41(37-67-42)56-57-55)70-54-52(66-36-27-18-9)50(64-34-25-16-7)48(44(69-54)40-60-30-21-12-3)71-53-51(65-35-26-17-8)49(63-33-24-15-6)46(62-32-23-14-5)43(68-53)39-59-29-20-11-2/h41-54H,10-40H2,1-9H3/t41-,42?,43?,44?,45?,46+,47-,48+,49+,50?,51?,52+,53-,54+/m1/s1. The lowest BCUT2D eigenvalue weighted by molar-refractivity contribution is -0.383. The third-order valence-corrected chi connectivity index (χ3v) is 13.1. The van der Waals surface area contributed by atoms with Crippen LogP contribution in [0.15, 0.2) is 5.11 Å². The normalized spacial score (nSPS) is 30.2. The zero-order valence-electron chi connectivity index (χ0n) is 46.1. The number of ether oxygens (including phenoxy) is 14. The van der Waals surface area contributed by atoms with Gasteiger partial charge >= 0.3 is 0 Å². The molecule has 0 aromatic carbocycles. The quantitative estimate of drug-likeness (QED) is 0.0244. The number of nitrogens with zero attached hydrogens (tertiary/aromatic N) is 3. The van der Waals surface area contributed by atoms with Crippen LogP contribution in [0.25, 0.3) is 10.4 Å². The Labute approximate surface area is 430 Å². The molecule has 3 saturated heterocycles. The second-order valence-electron chi connectivity index (χ2n) is 19.4. The molecule has 3 fully saturated rings. The van der Waals surface area contributed by atoms with Crippen LogP contribution in [0.4, 0.5) is 0 Å². The van der Waals surface area contributed by atoms with Crippen LogP contribution in [0.3, 0.4) is 0 Å². The highest BCUT2D eigenvalue weighted by Crippen LogP contribution is 2.37. The Morgan fingerprint density at radius 1 is 0.380 bits per heavy atom. The SMILES string of the molecule is CCCCOCC1OC[C@@H](N=[N+]=[N-])C(OCCCC)[C@@H]1O[C@@H]1OC(COCCCC)[C@H](O[C@H]2OC(COCCCC)[C@H](OCCCC)[C@H](OCCCC)C2OCCCC)C(OCCCC)[C@@H]1OCCCC. The number of unbranched alkanes of at least 4 members (excludes halogenated alkanes) is 9. The van der Waals surface area contributed by atoms with E-state index in [9.17, 15) is 5.53 Å². The Kier molecular flexibility index (Phi) is 37.0. The molecule has 6 unspecified atom stereocenters. The summed E-state index contributed by atoms with van der Waals surface area (Å²) in [7, 11) is 0. The first-order valence-electron chi connectivity index (χ1n) is 28.6. The topological polar surface area (TPSA) is 178 Å². The zero-order chi connectivity index (χ0) is 51.3.